The van der Waals surface area contributed by atoms with Crippen LogP contribution >= 0.6 is 23.4 Å². The highest BCUT2D eigenvalue weighted by atomic mass is 35.5. The molecule has 0 spiro atoms. The molecule has 1 aromatic heterocycles. The summed E-state index contributed by atoms with van der Waals surface area (Å²) in [7, 11) is 5.36. The molecule has 1 aliphatic rings. The summed E-state index contributed by atoms with van der Waals surface area (Å²) < 4.78 is 0. The Morgan fingerprint density at radius 1 is 1.03 bits per heavy atom. The Bertz CT molecular complexity index is 1380. The molecular formula is C27H27ClN6O3S. The van der Waals surface area contributed by atoms with Gasteiger partial charge in [-0.05, 0) is 42.5 Å². The van der Waals surface area contributed by atoms with Gasteiger partial charge in [0.25, 0.3) is 11.8 Å². The van der Waals surface area contributed by atoms with Gasteiger partial charge in [0, 0.05) is 49.9 Å². The Morgan fingerprint density at radius 2 is 1.79 bits per heavy atom. The van der Waals surface area contributed by atoms with Crippen LogP contribution in [0.4, 0.5) is 11.5 Å². The first kappa shape index (κ1) is 27.2. The van der Waals surface area contributed by atoms with Crippen molar-refractivity contribution < 1.29 is 14.4 Å². The number of hydrogen-bond donors (Lipinski definition) is 2. The topological polar surface area (TPSA) is 107 Å². The van der Waals surface area contributed by atoms with Crippen LogP contribution in [0.1, 0.15) is 26.3 Å². The molecule has 9 nitrogen and oxygen atoms in total. The van der Waals surface area contributed by atoms with Gasteiger partial charge in [-0.25, -0.2) is 4.98 Å². The van der Waals surface area contributed by atoms with Gasteiger partial charge in [-0.2, -0.15) is 0 Å². The molecule has 2 heterocycles. The number of rotatable bonds is 8. The number of thioether (sulfide) groups is 1. The van der Waals surface area contributed by atoms with Gasteiger partial charge in [0.2, 0.25) is 5.91 Å². The highest BCUT2D eigenvalue weighted by Crippen LogP contribution is 2.26. The lowest BCUT2D eigenvalue weighted by Gasteiger charge is -2.15. The highest BCUT2D eigenvalue weighted by Gasteiger charge is 2.19. The van der Waals surface area contributed by atoms with E-state index in [2.05, 4.69) is 25.5 Å². The third-order valence-corrected chi connectivity index (χ3v) is 6.98. The predicted octanol–water partition coefficient (Wildman–Crippen LogP) is 4.11. The van der Waals surface area contributed by atoms with Gasteiger partial charge in [0.1, 0.15) is 11.7 Å². The second kappa shape index (κ2) is 12.1. The number of amidine groups is 1. The van der Waals surface area contributed by atoms with Gasteiger partial charge in [0.15, 0.2) is 0 Å². The second-order valence-corrected chi connectivity index (χ2v) is 10.2. The Labute approximate surface area is 230 Å². The number of hydrogen-bond acceptors (Lipinski definition) is 7. The largest absolute Gasteiger partial charge is 0.358 e. The quantitative estimate of drug-likeness (QED) is 0.409. The number of benzene rings is 2. The normalized spacial score (nSPS) is 12.6. The van der Waals surface area contributed by atoms with Crippen LogP contribution in [0.25, 0.3) is 0 Å². The first-order valence-electron chi connectivity index (χ1n) is 11.8. The van der Waals surface area contributed by atoms with Gasteiger partial charge in [-0.15, -0.1) is 11.8 Å². The molecule has 4 rings (SSSR count). The molecule has 2 aromatic carbocycles. The predicted molar refractivity (Wildman–Crippen MR) is 151 cm³/mol. The summed E-state index contributed by atoms with van der Waals surface area (Å²) >= 11 is 7.20. The summed E-state index contributed by atoms with van der Waals surface area (Å²) in [5, 5.41) is 6.02. The summed E-state index contributed by atoms with van der Waals surface area (Å²) in [6, 6.07) is 15.4. The van der Waals surface area contributed by atoms with Gasteiger partial charge in [-0.1, -0.05) is 23.7 Å². The number of aromatic nitrogens is 1. The number of anilines is 2. The fourth-order valence-electron chi connectivity index (χ4n) is 3.63. The number of carbonyl (C=O) groups is 3. The minimum atomic E-state index is -0.464. The summed E-state index contributed by atoms with van der Waals surface area (Å²) in [6.45, 7) is 1.62. The number of carbonyl (C=O) groups excluding carboxylic acids is 3. The van der Waals surface area contributed by atoms with E-state index in [1.54, 1.807) is 56.6 Å². The average molecular weight is 551 g/mol. The van der Waals surface area contributed by atoms with E-state index in [9.17, 15) is 14.4 Å². The molecule has 0 saturated carbocycles. The van der Waals surface area contributed by atoms with E-state index < -0.39 is 5.91 Å². The van der Waals surface area contributed by atoms with Crippen LogP contribution in [-0.2, 0) is 4.79 Å². The lowest BCUT2D eigenvalue weighted by molar-refractivity contribution is -0.125. The molecule has 0 saturated heterocycles. The fourth-order valence-corrected chi connectivity index (χ4v) is 4.65. The van der Waals surface area contributed by atoms with Crippen LogP contribution in [0.2, 0.25) is 5.02 Å². The van der Waals surface area contributed by atoms with Crippen molar-refractivity contribution in [3.63, 3.8) is 0 Å². The lowest BCUT2D eigenvalue weighted by atomic mass is 10.1. The third kappa shape index (κ3) is 6.70. The van der Waals surface area contributed by atoms with E-state index in [0.29, 0.717) is 27.0 Å². The maximum absolute atomic E-state index is 13.2. The highest BCUT2D eigenvalue weighted by molar-refractivity contribution is 8.00. The van der Waals surface area contributed by atoms with Crippen molar-refractivity contribution in [3.05, 3.63) is 82.5 Å². The lowest BCUT2D eigenvalue weighted by Crippen LogP contribution is -2.23. The Kier molecular flexibility index (Phi) is 8.65. The maximum atomic E-state index is 13.2. The van der Waals surface area contributed by atoms with E-state index in [1.807, 2.05) is 19.2 Å². The average Bonchev–Trinajstić information content (AvgIpc) is 3.34. The van der Waals surface area contributed by atoms with Crippen molar-refractivity contribution in [1.29, 1.82) is 0 Å². The number of nitrogens with zero attached hydrogens (tertiary/aromatic N) is 4. The monoisotopic (exact) mass is 550 g/mol. The molecule has 0 atom stereocenters. The molecule has 2 N–H and O–H groups in total. The molecule has 3 amide bonds. The van der Waals surface area contributed by atoms with Gasteiger partial charge >= 0.3 is 0 Å². The first-order valence-corrected chi connectivity index (χ1v) is 13.1. The number of nitrogens with one attached hydrogen (secondary N) is 2. The molecular weight excluding hydrogens is 524 g/mol. The third-order valence-electron chi connectivity index (χ3n) is 5.78. The van der Waals surface area contributed by atoms with Crippen LogP contribution < -0.4 is 10.6 Å². The van der Waals surface area contributed by atoms with E-state index in [1.165, 1.54) is 22.9 Å². The summed E-state index contributed by atoms with van der Waals surface area (Å²) in [5.74, 6) is 0.544. The molecule has 0 unspecified atom stereocenters. The Morgan fingerprint density at radius 3 is 2.42 bits per heavy atom. The van der Waals surface area contributed by atoms with Crippen LogP contribution in [0.15, 0.2) is 70.7 Å². The zero-order valence-corrected chi connectivity index (χ0v) is 22.8. The number of likely N-dealkylation sites (N-methyl/N-ethyl adjacent to an activating group) is 1. The molecule has 3 aromatic rings. The molecule has 11 heteroatoms. The number of amides is 3. The van der Waals surface area contributed by atoms with Crippen molar-refractivity contribution in [2.24, 2.45) is 4.99 Å². The molecule has 0 fully saturated rings. The Hall–Kier alpha value is -3.89. The number of halogens is 1. The molecule has 1 aliphatic heterocycles. The van der Waals surface area contributed by atoms with E-state index in [4.69, 9.17) is 11.6 Å². The van der Waals surface area contributed by atoms with Crippen LogP contribution in [0.3, 0.4) is 0 Å². The van der Waals surface area contributed by atoms with Crippen molar-refractivity contribution >= 4 is 58.4 Å². The smallest absolute Gasteiger partial charge is 0.258 e. The van der Waals surface area contributed by atoms with Crippen molar-refractivity contribution in [3.8, 4) is 0 Å². The van der Waals surface area contributed by atoms with E-state index in [0.717, 1.165) is 24.5 Å². The van der Waals surface area contributed by atoms with Crippen molar-refractivity contribution in [2.45, 2.75) is 4.90 Å². The van der Waals surface area contributed by atoms with Crippen molar-refractivity contribution in [2.75, 3.05) is 50.6 Å². The second-order valence-electron chi connectivity index (χ2n) is 8.76. The van der Waals surface area contributed by atoms with Crippen LogP contribution in [0.5, 0.6) is 0 Å². The van der Waals surface area contributed by atoms with Gasteiger partial charge < -0.3 is 20.4 Å². The molecule has 196 valence electrons. The standard InChI is InChI=1S/C27H27ClN6O3S/c1-33(2)24(35)16-38-20-9-10-22(21(14-20)27(37)32-23-11-8-19(28)15-30-23)31-26(36)18-6-4-17(5-7-18)25-29-12-13-34(25)3/h4-11,14-15H,12-13,16H2,1-3H3,(H,31,36)(H,30,32,37). The summed E-state index contributed by atoms with van der Waals surface area (Å²) in [5.41, 5.74) is 1.94. The first-order chi connectivity index (χ1) is 18.2. The van der Waals surface area contributed by atoms with Crippen molar-refractivity contribution in [1.82, 2.24) is 14.8 Å². The number of aliphatic imine (C=N–C) groups is 1. The van der Waals surface area contributed by atoms with E-state index >= 15 is 0 Å². The molecule has 0 radical (unpaired) electrons. The zero-order valence-electron chi connectivity index (χ0n) is 21.2. The van der Waals surface area contributed by atoms with Crippen LogP contribution in [0, 0.1) is 0 Å². The fraction of sp³-hybridized carbons (Fsp3) is 0.222. The number of pyridine rings is 1. The maximum Gasteiger partial charge on any atom is 0.258 e. The van der Waals surface area contributed by atoms with Gasteiger partial charge in [0.05, 0.1) is 28.6 Å². The van der Waals surface area contributed by atoms with E-state index in [-0.39, 0.29) is 23.1 Å². The SMILES string of the molecule is CN(C)C(=O)CSc1ccc(NC(=O)c2ccc(C3=NCCN3C)cc2)c(C(=O)Nc2ccc(Cl)cn2)c1. The summed E-state index contributed by atoms with van der Waals surface area (Å²) in [4.78, 5) is 51.2. The minimum Gasteiger partial charge on any atom is -0.358 e. The molecule has 0 bridgehead atoms. The molecule has 0 aliphatic carbocycles. The zero-order chi connectivity index (χ0) is 27.2. The summed E-state index contributed by atoms with van der Waals surface area (Å²) in [6.07, 6.45) is 1.43. The van der Waals surface area contributed by atoms with Gasteiger partial charge in [-0.3, -0.25) is 19.4 Å². The molecule has 38 heavy (non-hydrogen) atoms. The Balaban J connectivity index is 1.55. The van der Waals surface area contributed by atoms with Crippen LogP contribution in [-0.4, -0.2) is 78.3 Å². The minimum absolute atomic E-state index is 0.0537.